The monoisotopic (exact) mass is 383 g/mol. The summed E-state index contributed by atoms with van der Waals surface area (Å²) in [5, 5.41) is 0.906. The number of aromatic nitrogens is 2. The Morgan fingerprint density at radius 2 is 2.04 bits per heavy atom. The maximum Gasteiger partial charge on any atom is 0.266 e. The highest BCUT2D eigenvalue weighted by atomic mass is 32.1. The molecule has 0 fully saturated rings. The van der Waals surface area contributed by atoms with Gasteiger partial charge in [0.1, 0.15) is 16.3 Å². The summed E-state index contributed by atoms with van der Waals surface area (Å²) in [6.07, 6.45) is 0.295. The van der Waals surface area contributed by atoms with Gasteiger partial charge in [-0.1, -0.05) is 30.3 Å². The van der Waals surface area contributed by atoms with E-state index in [-0.39, 0.29) is 12.0 Å². The number of rotatable bonds is 4. The Labute approximate surface area is 161 Å². The highest BCUT2D eigenvalue weighted by Gasteiger charge is 2.30. The van der Waals surface area contributed by atoms with Gasteiger partial charge in [-0.05, 0) is 19.4 Å². The van der Waals surface area contributed by atoms with E-state index in [1.54, 1.807) is 7.11 Å². The summed E-state index contributed by atoms with van der Waals surface area (Å²) in [5.74, 6) is 1.39. The van der Waals surface area contributed by atoms with Crippen molar-refractivity contribution >= 4 is 17.2 Å². The second-order valence-electron chi connectivity index (χ2n) is 6.57. The van der Waals surface area contributed by atoms with E-state index in [4.69, 9.17) is 9.15 Å². The van der Waals surface area contributed by atoms with E-state index in [0.29, 0.717) is 30.3 Å². The standard InChI is InChI=1S/C20H21N3O3S/c1-12-18(27-13(2)21-12)20(24)23-10-9-16-15(11-23)22-19(26-16)17(25-3)14-7-5-4-6-8-14/h4-8,17H,9-11H2,1-3H3. The minimum Gasteiger partial charge on any atom is -0.442 e. The number of aryl methyl sites for hydroxylation is 2. The summed E-state index contributed by atoms with van der Waals surface area (Å²) in [6.45, 7) is 4.85. The second kappa shape index (κ2) is 7.25. The number of amides is 1. The van der Waals surface area contributed by atoms with Crippen LogP contribution in [0.25, 0.3) is 0 Å². The predicted molar refractivity (Wildman–Crippen MR) is 102 cm³/mol. The van der Waals surface area contributed by atoms with Crippen LogP contribution >= 0.6 is 11.3 Å². The van der Waals surface area contributed by atoms with E-state index < -0.39 is 0 Å². The first-order chi connectivity index (χ1) is 13.1. The van der Waals surface area contributed by atoms with Gasteiger partial charge in [0.15, 0.2) is 6.10 Å². The maximum absolute atomic E-state index is 12.9. The van der Waals surface area contributed by atoms with Crippen molar-refractivity contribution in [3.8, 4) is 0 Å². The van der Waals surface area contributed by atoms with Crippen LogP contribution in [0.2, 0.25) is 0 Å². The number of nitrogens with zero attached hydrogens (tertiary/aromatic N) is 3. The number of carbonyl (C=O) groups is 1. The van der Waals surface area contributed by atoms with Crippen molar-refractivity contribution in [1.82, 2.24) is 14.9 Å². The molecule has 2 aromatic heterocycles. The van der Waals surface area contributed by atoms with E-state index in [1.807, 2.05) is 49.1 Å². The molecule has 0 saturated carbocycles. The fourth-order valence-corrected chi connectivity index (χ4v) is 4.27. The number of oxazole rings is 1. The van der Waals surface area contributed by atoms with Crippen molar-refractivity contribution in [3.05, 3.63) is 68.8 Å². The van der Waals surface area contributed by atoms with Crippen LogP contribution in [0, 0.1) is 13.8 Å². The first-order valence-corrected chi connectivity index (χ1v) is 9.68. The summed E-state index contributed by atoms with van der Waals surface area (Å²) >= 11 is 1.44. The average Bonchev–Trinajstić information content (AvgIpc) is 3.24. The zero-order valence-corrected chi connectivity index (χ0v) is 16.4. The third-order valence-electron chi connectivity index (χ3n) is 4.69. The lowest BCUT2D eigenvalue weighted by Gasteiger charge is -2.24. The van der Waals surface area contributed by atoms with E-state index in [0.717, 1.165) is 27.7 Å². The molecule has 0 aliphatic carbocycles. The van der Waals surface area contributed by atoms with Crippen LogP contribution in [-0.4, -0.2) is 34.4 Å². The minimum atomic E-state index is -0.354. The van der Waals surface area contributed by atoms with Crippen molar-refractivity contribution in [1.29, 1.82) is 0 Å². The van der Waals surface area contributed by atoms with Gasteiger partial charge in [0.2, 0.25) is 5.89 Å². The van der Waals surface area contributed by atoms with Crippen molar-refractivity contribution < 1.29 is 13.9 Å². The van der Waals surface area contributed by atoms with Gasteiger partial charge in [-0.25, -0.2) is 9.97 Å². The van der Waals surface area contributed by atoms with E-state index in [9.17, 15) is 4.79 Å². The third kappa shape index (κ3) is 3.40. The molecule has 0 saturated heterocycles. The second-order valence-corrected chi connectivity index (χ2v) is 7.78. The highest BCUT2D eigenvalue weighted by Crippen LogP contribution is 2.30. The highest BCUT2D eigenvalue weighted by molar-refractivity contribution is 7.13. The van der Waals surface area contributed by atoms with E-state index in [2.05, 4.69) is 9.97 Å². The lowest BCUT2D eigenvalue weighted by atomic mass is 10.1. The summed E-state index contributed by atoms with van der Waals surface area (Å²) in [5.41, 5.74) is 2.58. The number of hydrogen-bond acceptors (Lipinski definition) is 6. The molecule has 1 atom stereocenters. The lowest BCUT2D eigenvalue weighted by Crippen LogP contribution is -2.35. The minimum absolute atomic E-state index is 0.0136. The van der Waals surface area contributed by atoms with Gasteiger partial charge in [0.25, 0.3) is 5.91 Å². The summed E-state index contributed by atoms with van der Waals surface area (Å²) < 4.78 is 11.6. The number of hydrogen-bond donors (Lipinski definition) is 0. The maximum atomic E-state index is 12.9. The summed E-state index contributed by atoms with van der Waals surface area (Å²) in [4.78, 5) is 24.4. The van der Waals surface area contributed by atoms with Gasteiger partial charge in [0, 0.05) is 20.1 Å². The Kier molecular flexibility index (Phi) is 4.80. The normalized spacial score (nSPS) is 14.9. The molecule has 1 unspecified atom stereocenters. The lowest BCUT2D eigenvalue weighted by molar-refractivity contribution is 0.0731. The first kappa shape index (κ1) is 17.9. The SMILES string of the molecule is COC(c1ccccc1)c1nc2c(o1)CCN(C(=O)c1sc(C)nc1C)C2. The van der Waals surface area contributed by atoms with Gasteiger partial charge in [-0.2, -0.15) is 0 Å². The Hall–Kier alpha value is -2.51. The first-order valence-electron chi connectivity index (χ1n) is 8.86. The van der Waals surface area contributed by atoms with Crippen LogP contribution in [0.4, 0.5) is 0 Å². The van der Waals surface area contributed by atoms with Crippen LogP contribution in [0.15, 0.2) is 34.7 Å². The van der Waals surface area contributed by atoms with Crippen molar-refractivity contribution in [2.75, 3.05) is 13.7 Å². The fourth-order valence-electron chi connectivity index (χ4n) is 3.38. The number of methoxy groups -OCH3 is 1. The van der Waals surface area contributed by atoms with Gasteiger partial charge >= 0.3 is 0 Å². The topological polar surface area (TPSA) is 68.5 Å². The molecule has 1 aromatic carbocycles. The van der Waals surface area contributed by atoms with Crippen LogP contribution in [0.3, 0.4) is 0 Å². The van der Waals surface area contributed by atoms with Crippen molar-refractivity contribution in [2.24, 2.45) is 0 Å². The molecule has 3 heterocycles. The molecular weight excluding hydrogens is 362 g/mol. The number of fused-ring (bicyclic) bond motifs is 1. The van der Waals surface area contributed by atoms with Crippen LogP contribution < -0.4 is 0 Å². The smallest absolute Gasteiger partial charge is 0.266 e. The molecule has 0 spiro atoms. The van der Waals surface area contributed by atoms with Crippen LogP contribution in [-0.2, 0) is 17.7 Å². The molecule has 1 amide bonds. The molecule has 1 aliphatic heterocycles. The molecule has 27 heavy (non-hydrogen) atoms. The Bertz CT molecular complexity index is 964. The van der Waals surface area contributed by atoms with Crippen LogP contribution in [0.5, 0.6) is 0 Å². The van der Waals surface area contributed by atoms with E-state index in [1.165, 1.54) is 11.3 Å². The third-order valence-corrected chi connectivity index (χ3v) is 5.75. The number of ether oxygens (including phenoxy) is 1. The van der Waals surface area contributed by atoms with Gasteiger partial charge in [-0.15, -0.1) is 11.3 Å². The Balaban J connectivity index is 1.57. The molecule has 7 heteroatoms. The number of benzene rings is 1. The summed E-state index contributed by atoms with van der Waals surface area (Å²) in [7, 11) is 1.64. The molecule has 6 nitrogen and oxygen atoms in total. The molecule has 0 bridgehead atoms. The zero-order chi connectivity index (χ0) is 19.0. The predicted octanol–water partition coefficient (Wildman–Crippen LogP) is 3.68. The van der Waals surface area contributed by atoms with Gasteiger partial charge in [0.05, 0.1) is 17.2 Å². The molecule has 0 N–H and O–H groups in total. The fraction of sp³-hybridized carbons (Fsp3) is 0.350. The summed E-state index contributed by atoms with van der Waals surface area (Å²) in [6, 6.07) is 9.86. The molecular formula is C20H21N3O3S. The molecule has 1 aliphatic rings. The van der Waals surface area contributed by atoms with Gasteiger partial charge < -0.3 is 14.1 Å². The van der Waals surface area contributed by atoms with Crippen molar-refractivity contribution in [2.45, 2.75) is 32.9 Å². The Morgan fingerprint density at radius 1 is 1.26 bits per heavy atom. The average molecular weight is 383 g/mol. The van der Waals surface area contributed by atoms with E-state index >= 15 is 0 Å². The molecule has 0 radical (unpaired) electrons. The molecule has 140 valence electrons. The van der Waals surface area contributed by atoms with Crippen molar-refractivity contribution in [3.63, 3.8) is 0 Å². The molecule has 4 rings (SSSR count). The van der Waals surface area contributed by atoms with Gasteiger partial charge in [-0.3, -0.25) is 4.79 Å². The Morgan fingerprint density at radius 3 is 2.70 bits per heavy atom. The quantitative estimate of drug-likeness (QED) is 0.687. The number of carbonyl (C=O) groups excluding carboxylic acids is 1. The number of thiazole rings is 1. The largest absolute Gasteiger partial charge is 0.442 e. The zero-order valence-electron chi connectivity index (χ0n) is 15.6. The van der Waals surface area contributed by atoms with Crippen LogP contribution in [0.1, 0.15) is 49.4 Å². The molecule has 3 aromatic rings.